The molecule has 0 N–H and O–H groups in total. The van der Waals surface area contributed by atoms with Crippen LogP contribution >= 0.6 is 0 Å². The van der Waals surface area contributed by atoms with Gasteiger partial charge in [0.05, 0.1) is 5.69 Å². The molecule has 0 saturated heterocycles. The van der Waals surface area contributed by atoms with E-state index in [0.717, 1.165) is 22.5 Å². The van der Waals surface area contributed by atoms with Crippen molar-refractivity contribution < 1.29 is 0 Å². The molecule has 0 radical (unpaired) electrons. The summed E-state index contributed by atoms with van der Waals surface area (Å²) < 4.78 is 1.75. The van der Waals surface area contributed by atoms with Gasteiger partial charge in [-0.2, -0.15) is 5.26 Å². The first-order chi connectivity index (χ1) is 11.4. The van der Waals surface area contributed by atoms with E-state index in [0.29, 0.717) is 5.69 Å². The maximum Gasteiger partial charge on any atom is 0.191 e. The monoisotopic (exact) mass is 316 g/mol. The molecule has 0 aliphatic heterocycles. The molecule has 3 aromatic rings. The molecule has 4 heteroatoms. The Bertz CT molecular complexity index is 906. The van der Waals surface area contributed by atoms with Gasteiger partial charge in [-0.1, -0.05) is 68.4 Å². The van der Waals surface area contributed by atoms with Crippen LogP contribution in [-0.4, -0.2) is 15.0 Å². The lowest BCUT2D eigenvalue weighted by molar-refractivity contribution is 0.590. The van der Waals surface area contributed by atoms with Gasteiger partial charge in [0.1, 0.15) is 11.8 Å². The van der Waals surface area contributed by atoms with E-state index in [-0.39, 0.29) is 5.41 Å². The van der Waals surface area contributed by atoms with E-state index < -0.39 is 0 Å². The first-order valence-electron chi connectivity index (χ1n) is 7.94. The molecule has 0 aliphatic carbocycles. The second-order valence-electron chi connectivity index (χ2n) is 6.92. The summed E-state index contributed by atoms with van der Waals surface area (Å²) in [5.41, 5.74) is 5.35. The molecule has 24 heavy (non-hydrogen) atoms. The van der Waals surface area contributed by atoms with Crippen LogP contribution in [0.1, 0.15) is 37.6 Å². The van der Waals surface area contributed by atoms with Gasteiger partial charge < -0.3 is 0 Å². The van der Waals surface area contributed by atoms with Crippen LogP contribution in [0, 0.1) is 18.3 Å². The van der Waals surface area contributed by atoms with Crippen LogP contribution in [0.25, 0.3) is 16.9 Å². The SMILES string of the molecule is Cc1ccccc1-n1nnc(C#N)c1-c1ccc(C(C)(C)C)cc1. The number of benzene rings is 2. The number of nitrogens with zero attached hydrogens (tertiary/aromatic N) is 4. The normalized spacial score (nSPS) is 11.3. The van der Waals surface area contributed by atoms with Crippen LogP contribution in [0.3, 0.4) is 0 Å². The second kappa shape index (κ2) is 5.93. The zero-order valence-electron chi connectivity index (χ0n) is 14.4. The van der Waals surface area contributed by atoms with E-state index >= 15 is 0 Å². The summed E-state index contributed by atoms with van der Waals surface area (Å²) in [5.74, 6) is 0. The maximum absolute atomic E-state index is 9.43. The highest BCUT2D eigenvalue weighted by Crippen LogP contribution is 2.29. The quantitative estimate of drug-likeness (QED) is 0.703. The number of aryl methyl sites for hydroxylation is 1. The van der Waals surface area contributed by atoms with Gasteiger partial charge >= 0.3 is 0 Å². The Hall–Kier alpha value is -2.93. The summed E-state index contributed by atoms with van der Waals surface area (Å²) in [5, 5.41) is 17.7. The van der Waals surface area contributed by atoms with Crippen molar-refractivity contribution in [3.05, 3.63) is 65.4 Å². The lowest BCUT2D eigenvalue weighted by Crippen LogP contribution is -2.10. The van der Waals surface area contributed by atoms with Crippen LogP contribution in [0.2, 0.25) is 0 Å². The molecule has 1 heterocycles. The number of hydrogen-bond acceptors (Lipinski definition) is 3. The molecule has 0 amide bonds. The number of rotatable bonds is 2. The summed E-state index contributed by atoms with van der Waals surface area (Å²) in [6.45, 7) is 8.57. The van der Waals surface area contributed by atoms with Crippen molar-refractivity contribution in [3.63, 3.8) is 0 Å². The van der Waals surface area contributed by atoms with Crippen molar-refractivity contribution in [2.45, 2.75) is 33.1 Å². The van der Waals surface area contributed by atoms with Crippen molar-refractivity contribution in [3.8, 4) is 23.0 Å². The lowest BCUT2D eigenvalue weighted by Gasteiger charge is -2.19. The molecule has 0 unspecified atom stereocenters. The highest BCUT2D eigenvalue weighted by Gasteiger charge is 2.19. The van der Waals surface area contributed by atoms with Gasteiger partial charge in [0, 0.05) is 5.56 Å². The zero-order chi connectivity index (χ0) is 17.3. The maximum atomic E-state index is 9.43. The molecule has 0 spiro atoms. The van der Waals surface area contributed by atoms with Gasteiger partial charge in [-0.25, -0.2) is 4.68 Å². The number of para-hydroxylation sites is 1. The first-order valence-corrected chi connectivity index (χ1v) is 7.94. The fraction of sp³-hybridized carbons (Fsp3) is 0.250. The molecular formula is C20H20N4. The summed E-state index contributed by atoms with van der Waals surface area (Å²) in [7, 11) is 0. The van der Waals surface area contributed by atoms with E-state index in [1.807, 2.05) is 43.3 Å². The minimum atomic E-state index is 0.0884. The predicted molar refractivity (Wildman–Crippen MR) is 94.9 cm³/mol. The largest absolute Gasteiger partial charge is 0.211 e. The predicted octanol–water partition coefficient (Wildman–Crippen LogP) is 4.41. The highest BCUT2D eigenvalue weighted by molar-refractivity contribution is 5.68. The molecule has 0 saturated carbocycles. The second-order valence-corrected chi connectivity index (χ2v) is 6.92. The standard InChI is InChI=1S/C20H20N4/c1-14-7-5-6-8-18(14)24-19(17(13-21)22-23-24)15-9-11-16(12-10-15)20(2,3)4/h5-12H,1-4H3. The summed E-state index contributed by atoms with van der Waals surface area (Å²) in [6, 6.07) is 18.4. The van der Waals surface area contributed by atoms with E-state index in [1.165, 1.54) is 5.56 Å². The van der Waals surface area contributed by atoms with Crippen molar-refractivity contribution in [1.29, 1.82) is 5.26 Å². The molecule has 0 aliphatic rings. The molecule has 0 fully saturated rings. The minimum Gasteiger partial charge on any atom is -0.211 e. The molecule has 4 nitrogen and oxygen atoms in total. The molecular weight excluding hydrogens is 296 g/mol. The highest BCUT2D eigenvalue weighted by atomic mass is 15.4. The van der Waals surface area contributed by atoms with Crippen molar-refractivity contribution in [2.75, 3.05) is 0 Å². The molecule has 0 atom stereocenters. The average Bonchev–Trinajstić information content (AvgIpc) is 2.98. The Morgan fingerprint density at radius 2 is 1.67 bits per heavy atom. The van der Waals surface area contributed by atoms with Gasteiger partial charge in [0.15, 0.2) is 5.69 Å². The number of hydrogen-bond donors (Lipinski definition) is 0. The Kier molecular flexibility index (Phi) is 3.94. The molecule has 120 valence electrons. The summed E-state index contributed by atoms with van der Waals surface area (Å²) >= 11 is 0. The summed E-state index contributed by atoms with van der Waals surface area (Å²) in [6.07, 6.45) is 0. The Labute approximate surface area is 142 Å². The van der Waals surface area contributed by atoms with Crippen LogP contribution in [0.15, 0.2) is 48.5 Å². The van der Waals surface area contributed by atoms with Crippen LogP contribution < -0.4 is 0 Å². The van der Waals surface area contributed by atoms with Gasteiger partial charge in [-0.3, -0.25) is 0 Å². The zero-order valence-corrected chi connectivity index (χ0v) is 14.4. The van der Waals surface area contributed by atoms with Crippen LogP contribution in [-0.2, 0) is 5.41 Å². The van der Waals surface area contributed by atoms with Gasteiger partial charge in [-0.15, -0.1) is 5.10 Å². The van der Waals surface area contributed by atoms with Crippen molar-refractivity contribution in [1.82, 2.24) is 15.0 Å². The third-order valence-corrected chi connectivity index (χ3v) is 4.14. The van der Waals surface area contributed by atoms with Crippen molar-refractivity contribution >= 4 is 0 Å². The van der Waals surface area contributed by atoms with Gasteiger partial charge in [-0.05, 0) is 29.5 Å². The Balaban J connectivity index is 2.16. The third kappa shape index (κ3) is 2.81. The van der Waals surface area contributed by atoms with E-state index in [1.54, 1.807) is 4.68 Å². The number of aromatic nitrogens is 3. The molecule has 0 bridgehead atoms. The van der Waals surface area contributed by atoms with Crippen molar-refractivity contribution in [2.24, 2.45) is 0 Å². The topological polar surface area (TPSA) is 54.5 Å². The average molecular weight is 316 g/mol. The Morgan fingerprint density at radius 3 is 2.25 bits per heavy atom. The molecule has 3 rings (SSSR count). The summed E-state index contributed by atoms with van der Waals surface area (Å²) in [4.78, 5) is 0. The Morgan fingerprint density at radius 1 is 1.00 bits per heavy atom. The van der Waals surface area contributed by atoms with Gasteiger partial charge in [0.25, 0.3) is 0 Å². The minimum absolute atomic E-state index is 0.0884. The molecule has 2 aromatic carbocycles. The fourth-order valence-electron chi connectivity index (χ4n) is 2.71. The van der Waals surface area contributed by atoms with Crippen LogP contribution in [0.5, 0.6) is 0 Å². The van der Waals surface area contributed by atoms with Gasteiger partial charge in [0.2, 0.25) is 0 Å². The number of nitriles is 1. The van der Waals surface area contributed by atoms with Crippen LogP contribution in [0.4, 0.5) is 0 Å². The smallest absolute Gasteiger partial charge is 0.191 e. The van der Waals surface area contributed by atoms with E-state index in [9.17, 15) is 5.26 Å². The third-order valence-electron chi connectivity index (χ3n) is 4.14. The lowest BCUT2D eigenvalue weighted by atomic mass is 9.86. The van der Waals surface area contributed by atoms with E-state index in [2.05, 4.69) is 49.3 Å². The first kappa shape index (κ1) is 15.9. The fourth-order valence-corrected chi connectivity index (χ4v) is 2.71. The van der Waals surface area contributed by atoms with E-state index in [4.69, 9.17) is 0 Å². The molecule has 1 aromatic heterocycles.